The molecule has 12 heteroatoms. The number of azo groups is 1. The Hall–Kier alpha value is -1.22. The standard InChI is InChI=1S/C18H16N2O7S2.K.H/c1-2-27-29(25,26)13-9-7-12(8-10-13)19-20-16-11-17(28(22,23)24)18(21)15-6-4-3-5-14(15)16;;/h3-11,21H,2H2,1H3,(H,22,23,24);;. The van der Waals surface area contributed by atoms with E-state index in [1.54, 1.807) is 25.1 Å². The second-order valence-electron chi connectivity index (χ2n) is 5.82. The van der Waals surface area contributed by atoms with Crippen LogP contribution in [0, 0.1) is 0 Å². The molecular weight excluding hydrogens is 459 g/mol. The molecule has 0 aromatic heterocycles. The first-order valence-electron chi connectivity index (χ1n) is 8.27. The van der Waals surface area contributed by atoms with Crippen LogP contribution in [0.1, 0.15) is 6.92 Å². The van der Waals surface area contributed by atoms with Gasteiger partial charge in [-0.2, -0.15) is 21.9 Å². The molecule has 0 aliphatic heterocycles. The van der Waals surface area contributed by atoms with Crippen LogP contribution in [0.5, 0.6) is 5.75 Å². The first-order chi connectivity index (χ1) is 13.6. The summed E-state index contributed by atoms with van der Waals surface area (Å²) < 4.78 is 60.9. The van der Waals surface area contributed by atoms with Crippen molar-refractivity contribution in [2.24, 2.45) is 10.2 Å². The number of phenols is 1. The van der Waals surface area contributed by atoms with Gasteiger partial charge in [-0.15, -0.1) is 5.11 Å². The average molecular weight is 477 g/mol. The Kier molecular flexibility index (Phi) is 8.29. The number of hydrogen-bond donors (Lipinski definition) is 2. The minimum atomic E-state index is -4.69. The maximum absolute atomic E-state index is 11.9. The summed E-state index contributed by atoms with van der Waals surface area (Å²) in [5.41, 5.74) is 0.392. The molecule has 0 aliphatic carbocycles. The molecule has 2 N–H and O–H groups in total. The fraction of sp³-hybridized carbons (Fsp3) is 0.111. The molecule has 3 rings (SSSR count). The van der Waals surface area contributed by atoms with Crippen molar-refractivity contribution in [3.05, 3.63) is 54.6 Å². The Morgan fingerprint density at radius 3 is 2.10 bits per heavy atom. The molecule has 3 aromatic carbocycles. The minimum absolute atomic E-state index is 0. The van der Waals surface area contributed by atoms with Gasteiger partial charge in [-0.3, -0.25) is 8.74 Å². The van der Waals surface area contributed by atoms with E-state index in [1.165, 1.54) is 30.3 Å². The molecule has 0 fully saturated rings. The van der Waals surface area contributed by atoms with Crippen LogP contribution in [-0.4, -0.2) is 84.5 Å². The van der Waals surface area contributed by atoms with Crippen LogP contribution >= 0.6 is 0 Å². The van der Waals surface area contributed by atoms with E-state index < -0.39 is 30.9 Å². The summed E-state index contributed by atoms with van der Waals surface area (Å²) in [5.74, 6) is -0.590. The van der Waals surface area contributed by atoms with E-state index in [0.29, 0.717) is 11.1 Å². The monoisotopic (exact) mass is 476 g/mol. The summed E-state index contributed by atoms with van der Waals surface area (Å²) in [5, 5.41) is 18.7. The summed E-state index contributed by atoms with van der Waals surface area (Å²) in [6.07, 6.45) is 0. The van der Waals surface area contributed by atoms with E-state index in [2.05, 4.69) is 10.2 Å². The summed E-state index contributed by atoms with van der Waals surface area (Å²) in [7, 11) is -8.53. The van der Waals surface area contributed by atoms with Gasteiger partial charge >= 0.3 is 51.4 Å². The van der Waals surface area contributed by atoms with Crippen molar-refractivity contribution in [2.45, 2.75) is 16.7 Å². The van der Waals surface area contributed by atoms with Crippen LogP contribution in [0.15, 0.2) is 74.6 Å². The molecule has 0 radical (unpaired) electrons. The van der Waals surface area contributed by atoms with Crippen LogP contribution in [0.4, 0.5) is 11.4 Å². The molecule has 0 saturated heterocycles. The van der Waals surface area contributed by atoms with Crippen molar-refractivity contribution in [2.75, 3.05) is 6.61 Å². The Bertz CT molecular complexity index is 1310. The van der Waals surface area contributed by atoms with Crippen molar-refractivity contribution in [3.63, 3.8) is 0 Å². The third-order valence-electron chi connectivity index (χ3n) is 3.91. The van der Waals surface area contributed by atoms with Gasteiger partial charge in [0, 0.05) is 10.8 Å². The summed E-state index contributed by atoms with van der Waals surface area (Å²) in [6, 6.07) is 12.8. The third-order valence-corrected chi connectivity index (χ3v) is 6.17. The molecule has 0 saturated carbocycles. The van der Waals surface area contributed by atoms with Crippen molar-refractivity contribution in [3.8, 4) is 5.75 Å². The Morgan fingerprint density at radius 2 is 1.53 bits per heavy atom. The van der Waals surface area contributed by atoms with Crippen LogP contribution < -0.4 is 0 Å². The molecule has 3 aromatic rings. The van der Waals surface area contributed by atoms with E-state index in [1.807, 2.05) is 0 Å². The molecule has 0 unspecified atom stereocenters. The van der Waals surface area contributed by atoms with Gasteiger partial charge in [-0.05, 0) is 37.3 Å². The molecule has 0 spiro atoms. The molecule has 0 amide bonds. The molecular formula is C18H17KN2O7S2. The zero-order valence-corrected chi connectivity index (χ0v) is 16.7. The predicted molar refractivity (Wildman–Crippen MR) is 112 cm³/mol. The summed E-state index contributed by atoms with van der Waals surface area (Å²) in [4.78, 5) is -0.731. The normalized spacial score (nSPS) is 12.2. The first-order valence-corrected chi connectivity index (χ1v) is 11.1. The number of hydrogen-bond acceptors (Lipinski definition) is 8. The van der Waals surface area contributed by atoms with Crippen LogP contribution in [-0.2, 0) is 24.4 Å². The summed E-state index contributed by atoms with van der Waals surface area (Å²) >= 11 is 0. The van der Waals surface area contributed by atoms with Gasteiger partial charge in [0.2, 0.25) is 0 Å². The van der Waals surface area contributed by atoms with Gasteiger partial charge in [0.25, 0.3) is 20.2 Å². The van der Waals surface area contributed by atoms with Crippen LogP contribution in [0.3, 0.4) is 0 Å². The summed E-state index contributed by atoms with van der Waals surface area (Å²) in [6.45, 7) is 1.57. The fourth-order valence-corrected chi connectivity index (χ4v) is 4.14. The third kappa shape index (κ3) is 5.52. The van der Waals surface area contributed by atoms with Crippen LogP contribution in [0.2, 0.25) is 0 Å². The second-order valence-corrected chi connectivity index (χ2v) is 8.82. The predicted octanol–water partition coefficient (Wildman–Crippen LogP) is 3.28. The topological polar surface area (TPSA) is 143 Å². The van der Waals surface area contributed by atoms with Gasteiger partial charge in [0.1, 0.15) is 10.6 Å². The van der Waals surface area contributed by atoms with Gasteiger partial charge in [0.05, 0.1) is 22.9 Å². The van der Waals surface area contributed by atoms with E-state index in [-0.39, 0.29) is 74.0 Å². The SMILES string of the molecule is CCOS(=O)(=O)c1ccc(N=Nc2cc(S(=O)(=O)O)c(O)c3ccccc23)cc1.[KH]. The molecule has 0 bridgehead atoms. The van der Waals surface area contributed by atoms with Gasteiger partial charge in [0.15, 0.2) is 0 Å². The van der Waals surface area contributed by atoms with Gasteiger partial charge in [-0.25, -0.2) is 0 Å². The maximum atomic E-state index is 11.9. The van der Waals surface area contributed by atoms with Gasteiger partial charge < -0.3 is 5.11 Å². The van der Waals surface area contributed by atoms with Crippen molar-refractivity contribution < 1.29 is 30.7 Å². The molecule has 0 aliphatic rings. The van der Waals surface area contributed by atoms with E-state index in [4.69, 9.17) is 4.18 Å². The second kappa shape index (κ2) is 9.93. The number of phenolic OH excluding ortho intramolecular Hbond substituents is 1. The van der Waals surface area contributed by atoms with Gasteiger partial charge in [-0.1, -0.05) is 24.3 Å². The number of aromatic hydroxyl groups is 1. The number of nitrogens with zero attached hydrogens (tertiary/aromatic N) is 2. The molecule has 30 heavy (non-hydrogen) atoms. The first kappa shape index (κ1) is 25.0. The zero-order valence-electron chi connectivity index (χ0n) is 15.0. The van der Waals surface area contributed by atoms with E-state index >= 15 is 0 Å². The molecule has 0 atom stereocenters. The van der Waals surface area contributed by atoms with Crippen molar-refractivity contribution >= 4 is 93.8 Å². The Balaban J connectivity index is 0.00000320. The molecule has 0 heterocycles. The van der Waals surface area contributed by atoms with E-state index in [0.717, 1.165) is 6.07 Å². The number of benzene rings is 3. The quantitative estimate of drug-likeness (QED) is 0.240. The van der Waals surface area contributed by atoms with Crippen molar-refractivity contribution in [1.29, 1.82) is 0 Å². The Labute approximate surface area is 216 Å². The zero-order chi connectivity index (χ0) is 21.2. The average Bonchev–Trinajstić information content (AvgIpc) is 2.67. The number of rotatable bonds is 6. The molecule has 154 valence electrons. The Morgan fingerprint density at radius 1 is 0.933 bits per heavy atom. The van der Waals surface area contributed by atoms with Crippen LogP contribution in [0.25, 0.3) is 10.8 Å². The molecule has 9 nitrogen and oxygen atoms in total. The fourth-order valence-electron chi connectivity index (χ4n) is 2.61. The number of fused-ring (bicyclic) bond motifs is 1. The van der Waals surface area contributed by atoms with E-state index in [9.17, 15) is 26.5 Å². The van der Waals surface area contributed by atoms with Crippen molar-refractivity contribution in [1.82, 2.24) is 0 Å².